The lowest BCUT2D eigenvalue weighted by Gasteiger charge is -2.16. The van der Waals surface area contributed by atoms with Crippen molar-refractivity contribution in [1.29, 1.82) is 0 Å². The van der Waals surface area contributed by atoms with E-state index in [0.717, 1.165) is 65.9 Å². The molecule has 3 aromatic rings. The molecule has 0 atom stereocenters. The number of fused-ring (bicyclic) bond motifs is 3. The topological polar surface area (TPSA) is 50.5 Å². The molecule has 5 nitrogen and oxygen atoms in total. The van der Waals surface area contributed by atoms with Crippen molar-refractivity contribution in [1.82, 2.24) is 19.5 Å². The number of nitrogens with zero attached hydrogens (tertiary/aromatic N) is 4. The van der Waals surface area contributed by atoms with E-state index in [9.17, 15) is 4.79 Å². The van der Waals surface area contributed by atoms with Crippen LogP contribution in [0, 0.1) is 13.8 Å². The van der Waals surface area contributed by atoms with Crippen LogP contribution in [-0.4, -0.2) is 38.5 Å². The van der Waals surface area contributed by atoms with Crippen molar-refractivity contribution in [3.63, 3.8) is 0 Å². The summed E-state index contributed by atoms with van der Waals surface area (Å²) in [6, 6.07) is 8.07. The summed E-state index contributed by atoms with van der Waals surface area (Å²) in [4.78, 5) is 19.1. The van der Waals surface area contributed by atoms with Crippen LogP contribution in [0.3, 0.4) is 0 Å². The first-order chi connectivity index (χ1) is 11.6. The highest BCUT2D eigenvalue weighted by Crippen LogP contribution is 2.23. The quantitative estimate of drug-likeness (QED) is 0.745. The summed E-state index contributed by atoms with van der Waals surface area (Å²) < 4.78 is 1.92. The standard InChI is InChI=1S/C19H22N4O/c1-13-15(9-10-18(24)22-11-5-6-12-22)14(2)23-19(20-13)16-7-3-4-8-17(16)21-23/h3-4,7-8H,5-6,9-12H2,1-2H3. The molecule has 3 heterocycles. The monoisotopic (exact) mass is 322 g/mol. The molecule has 1 aliphatic rings. The predicted octanol–water partition coefficient (Wildman–Crippen LogP) is 3.05. The average Bonchev–Trinajstić information content (AvgIpc) is 3.22. The lowest BCUT2D eigenvalue weighted by molar-refractivity contribution is -0.130. The van der Waals surface area contributed by atoms with Gasteiger partial charge in [-0.05, 0) is 50.8 Å². The number of carbonyl (C=O) groups excluding carboxylic acids is 1. The van der Waals surface area contributed by atoms with Gasteiger partial charge in [0.25, 0.3) is 0 Å². The van der Waals surface area contributed by atoms with E-state index in [0.29, 0.717) is 6.42 Å². The van der Waals surface area contributed by atoms with Crippen molar-refractivity contribution in [3.8, 4) is 0 Å². The fourth-order valence-corrected chi connectivity index (χ4v) is 3.69. The zero-order valence-electron chi connectivity index (χ0n) is 14.2. The molecule has 0 saturated carbocycles. The Balaban J connectivity index is 1.67. The maximum atomic E-state index is 12.3. The predicted molar refractivity (Wildman–Crippen MR) is 94.1 cm³/mol. The first-order valence-corrected chi connectivity index (χ1v) is 8.66. The minimum atomic E-state index is 0.261. The van der Waals surface area contributed by atoms with Crippen molar-refractivity contribution in [2.24, 2.45) is 0 Å². The molecule has 0 spiro atoms. The van der Waals surface area contributed by atoms with E-state index in [1.165, 1.54) is 0 Å². The van der Waals surface area contributed by atoms with Gasteiger partial charge in [-0.2, -0.15) is 5.10 Å². The molecule has 0 bridgehead atoms. The number of carbonyl (C=O) groups is 1. The molecule has 1 amide bonds. The summed E-state index contributed by atoms with van der Waals surface area (Å²) in [7, 11) is 0. The van der Waals surface area contributed by atoms with E-state index < -0.39 is 0 Å². The van der Waals surface area contributed by atoms with Gasteiger partial charge in [0.2, 0.25) is 5.91 Å². The highest BCUT2D eigenvalue weighted by molar-refractivity contribution is 5.92. The molecule has 0 radical (unpaired) electrons. The second kappa shape index (κ2) is 5.89. The summed E-state index contributed by atoms with van der Waals surface area (Å²) >= 11 is 0. The fourth-order valence-electron chi connectivity index (χ4n) is 3.69. The van der Waals surface area contributed by atoms with Gasteiger partial charge in [0.15, 0.2) is 5.65 Å². The van der Waals surface area contributed by atoms with Crippen LogP contribution in [0.5, 0.6) is 0 Å². The summed E-state index contributed by atoms with van der Waals surface area (Å²) in [6.45, 7) is 5.94. The maximum Gasteiger partial charge on any atom is 0.222 e. The number of aromatic nitrogens is 3. The molecular weight excluding hydrogens is 300 g/mol. The molecule has 0 unspecified atom stereocenters. The number of hydrogen-bond donors (Lipinski definition) is 0. The summed E-state index contributed by atoms with van der Waals surface area (Å²) in [5, 5.41) is 5.75. The van der Waals surface area contributed by atoms with Crippen molar-refractivity contribution in [2.75, 3.05) is 13.1 Å². The molecule has 0 aliphatic carbocycles. The van der Waals surface area contributed by atoms with Crippen LogP contribution in [0.1, 0.15) is 36.2 Å². The minimum absolute atomic E-state index is 0.261. The van der Waals surface area contributed by atoms with Gasteiger partial charge in [0, 0.05) is 36.3 Å². The first-order valence-electron chi connectivity index (χ1n) is 8.66. The maximum absolute atomic E-state index is 12.3. The molecule has 4 rings (SSSR count). The summed E-state index contributed by atoms with van der Waals surface area (Å²) in [5.41, 5.74) is 5.08. The Morgan fingerprint density at radius 3 is 2.71 bits per heavy atom. The lowest BCUT2D eigenvalue weighted by Crippen LogP contribution is -2.28. The van der Waals surface area contributed by atoms with E-state index in [4.69, 9.17) is 4.98 Å². The van der Waals surface area contributed by atoms with E-state index in [-0.39, 0.29) is 5.91 Å². The molecule has 1 aliphatic heterocycles. The average molecular weight is 322 g/mol. The zero-order valence-corrected chi connectivity index (χ0v) is 14.2. The lowest BCUT2D eigenvalue weighted by atomic mass is 10.1. The van der Waals surface area contributed by atoms with Crippen molar-refractivity contribution >= 4 is 22.5 Å². The second-order valence-corrected chi connectivity index (χ2v) is 6.60. The van der Waals surface area contributed by atoms with Gasteiger partial charge in [0.05, 0.1) is 5.52 Å². The molecule has 124 valence electrons. The number of hydrogen-bond acceptors (Lipinski definition) is 3. The molecule has 1 aromatic carbocycles. The Kier molecular flexibility index (Phi) is 3.71. The zero-order chi connectivity index (χ0) is 16.7. The largest absolute Gasteiger partial charge is 0.343 e. The van der Waals surface area contributed by atoms with Crippen LogP contribution in [0.4, 0.5) is 0 Å². The Morgan fingerprint density at radius 2 is 1.92 bits per heavy atom. The third kappa shape index (κ3) is 2.44. The van der Waals surface area contributed by atoms with Crippen molar-refractivity contribution in [2.45, 2.75) is 39.5 Å². The van der Waals surface area contributed by atoms with E-state index in [2.05, 4.69) is 18.1 Å². The number of aryl methyl sites for hydroxylation is 2. The molecule has 1 fully saturated rings. The van der Waals surface area contributed by atoms with Crippen LogP contribution >= 0.6 is 0 Å². The van der Waals surface area contributed by atoms with E-state index in [1.54, 1.807) is 0 Å². The van der Waals surface area contributed by atoms with Gasteiger partial charge < -0.3 is 4.90 Å². The van der Waals surface area contributed by atoms with E-state index in [1.807, 2.05) is 34.5 Å². The number of amides is 1. The Hall–Kier alpha value is -2.43. The highest BCUT2D eigenvalue weighted by atomic mass is 16.2. The van der Waals surface area contributed by atoms with Crippen molar-refractivity contribution < 1.29 is 4.79 Å². The van der Waals surface area contributed by atoms with Crippen LogP contribution in [-0.2, 0) is 11.2 Å². The molecule has 1 saturated heterocycles. The first kappa shape index (κ1) is 15.1. The van der Waals surface area contributed by atoms with Gasteiger partial charge in [-0.25, -0.2) is 9.50 Å². The molecule has 0 N–H and O–H groups in total. The van der Waals surface area contributed by atoms with Crippen LogP contribution < -0.4 is 0 Å². The Bertz CT molecular complexity index is 922. The van der Waals surface area contributed by atoms with E-state index >= 15 is 0 Å². The normalized spacial score (nSPS) is 14.8. The second-order valence-electron chi connectivity index (χ2n) is 6.60. The van der Waals surface area contributed by atoms with Crippen LogP contribution in [0.2, 0.25) is 0 Å². The smallest absolute Gasteiger partial charge is 0.222 e. The van der Waals surface area contributed by atoms with Gasteiger partial charge in [-0.15, -0.1) is 0 Å². The third-order valence-electron chi connectivity index (χ3n) is 5.07. The summed E-state index contributed by atoms with van der Waals surface area (Å²) in [6.07, 6.45) is 3.55. The fraction of sp³-hybridized carbons (Fsp3) is 0.421. The van der Waals surface area contributed by atoms with Crippen LogP contribution in [0.15, 0.2) is 24.3 Å². The third-order valence-corrected chi connectivity index (χ3v) is 5.07. The molecular formula is C19H22N4O. The number of rotatable bonds is 3. The highest BCUT2D eigenvalue weighted by Gasteiger charge is 2.19. The number of likely N-dealkylation sites (tertiary alicyclic amines) is 1. The minimum Gasteiger partial charge on any atom is -0.343 e. The molecule has 24 heavy (non-hydrogen) atoms. The van der Waals surface area contributed by atoms with Crippen LogP contribution in [0.25, 0.3) is 16.6 Å². The Morgan fingerprint density at radius 1 is 1.17 bits per heavy atom. The van der Waals surface area contributed by atoms with Gasteiger partial charge in [-0.3, -0.25) is 4.79 Å². The summed E-state index contributed by atoms with van der Waals surface area (Å²) in [5.74, 6) is 0.261. The molecule has 2 aromatic heterocycles. The van der Waals surface area contributed by atoms with Gasteiger partial charge in [-0.1, -0.05) is 12.1 Å². The SMILES string of the molecule is Cc1nc2c3ccccc3nn2c(C)c1CCC(=O)N1CCCC1. The Labute approximate surface area is 141 Å². The number of benzene rings is 1. The van der Waals surface area contributed by atoms with Gasteiger partial charge in [0.1, 0.15) is 0 Å². The molecule has 5 heteroatoms. The van der Waals surface area contributed by atoms with Crippen molar-refractivity contribution in [3.05, 3.63) is 41.2 Å². The van der Waals surface area contributed by atoms with Gasteiger partial charge >= 0.3 is 0 Å².